The van der Waals surface area contributed by atoms with Crippen LogP contribution < -0.4 is 10.1 Å². The molecule has 5 nitrogen and oxygen atoms in total. The number of aryl methyl sites for hydroxylation is 2. The van der Waals surface area contributed by atoms with Gasteiger partial charge in [0.25, 0.3) is 5.92 Å². The fourth-order valence-corrected chi connectivity index (χ4v) is 3.08. The summed E-state index contributed by atoms with van der Waals surface area (Å²) >= 11 is 0. The smallest absolute Gasteiger partial charge is 0.270 e. The quantitative estimate of drug-likeness (QED) is 0.180. The first-order valence-electron chi connectivity index (χ1n) is 15.2. The molecule has 0 spiro atoms. The summed E-state index contributed by atoms with van der Waals surface area (Å²) in [5, 5.41) is 3.06. The maximum atomic E-state index is 12.7. The van der Waals surface area contributed by atoms with E-state index in [1.807, 2.05) is 58.9 Å². The van der Waals surface area contributed by atoms with Gasteiger partial charge in [0.1, 0.15) is 18.4 Å². The monoisotopic (exact) mass is 625 g/mol. The third kappa shape index (κ3) is 29.1. The highest BCUT2D eigenvalue weighted by Gasteiger charge is 2.26. The van der Waals surface area contributed by atoms with E-state index >= 15 is 0 Å². The van der Waals surface area contributed by atoms with Gasteiger partial charge in [0.15, 0.2) is 5.90 Å². The number of nitrogens with one attached hydrogen (secondary N) is 1. The van der Waals surface area contributed by atoms with Crippen LogP contribution in [-0.2, 0) is 10.7 Å². The van der Waals surface area contributed by atoms with Crippen molar-refractivity contribution >= 4 is 12.7 Å². The Morgan fingerprint density at radius 1 is 1.02 bits per heavy atom. The average Bonchev–Trinajstić information content (AvgIpc) is 2.96. The molecule has 0 heterocycles. The van der Waals surface area contributed by atoms with Crippen LogP contribution in [0, 0.1) is 19.7 Å². The molecule has 0 aromatic heterocycles. The highest BCUT2D eigenvalue weighted by atomic mass is 19.3. The molecule has 0 aliphatic carbocycles. The predicted octanol–water partition coefficient (Wildman–Crippen LogP) is 9.81. The number of halogens is 3. The lowest BCUT2D eigenvalue weighted by molar-refractivity contribution is -0.0980. The van der Waals surface area contributed by atoms with Crippen molar-refractivity contribution in [3.8, 4) is 5.75 Å². The van der Waals surface area contributed by atoms with Crippen LogP contribution in [0.4, 0.5) is 13.2 Å². The molecule has 0 aliphatic heterocycles. The summed E-state index contributed by atoms with van der Waals surface area (Å²) in [5.74, 6) is -2.07. The average molecular weight is 626 g/mol. The SMILES string of the molecule is C=C(C)[C@@H](C)NC.C=O.CCC.CCCN(C)CCC.CN=C(C)Oc1cccc(C)c1.Cc1ccc(F)cc1C(C)(F)F. The molecule has 8 heteroatoms. The molecule has 0 unspecified atom stereocenters. The second kappa shape index (κ2) is 30.1. The largest absolute Gasteiger partial charge is 0.444 e. The molecule has 0 fully saturated rings. The van der Waals surface area contributed by atoms with Gasteiger partial charge >= 0.3 is 0 Å². The van der Waals surface area contributed by atoms with Crippen LogP contribution in [0.2, 0.25) is 0 Å². The molecule has 2 aromatic rings. The van der Waals surface area contributed by atoms with Crippen molar-refractivity contribution in [3.63, 3.8) is 0 Å². The minimum atomic E-state index is -2.97. The molecular weight excluding hydrogens is 563 g/mol. The Bertz CT molecular complexity index is 1000. The van der Waals surface area contributed by atoms with E-state index < -0.39 is 11.7 Å². The first-order valence-corrected chi connectivity index (χ1v) is 15.2. The van der Waals surface area contributed by atoms with Crippen LogP contribution in [0.3, 0.4) is 0 Å². The topological polar surface area (TPSA) is 53.9 Å². The van der Waals surface area contributed by atoms with Crippen LogP contribution in [-0.4, -0.2) is 57.9 Å². The highest BCUT2D eigenvalue weighted by Crippen LogP contribution is 2.29. The molecule has 44 heavy (non-hydrogen) atoms. The van der Waals surface area contributed by atoms with Crippen molar-refractivity contribution in [2.24, 2.45) is 4.99 Å². The number of benzene rings is 2. The molecule has 0 saturated heterocycles. The Kier molecular flexibility index (Phi) is 32.8. The van der Waals surface area contributed by atoms with E-state index in [1.165, 1.54) is 62.5 Å². The third-order valence-electron chi connectivity index (χ3n) is 5.63. The molecule has 0 aliphatic rings. The molecule has 0 radical (unpaired) electrons. The van der Waals surface area contributed by atoms with E-state index in [0.717, 1.165) is 18.7 Å². The van der Waals surface area contributed by atoms with Gasteiger partial charge in [-0.25, -0.2) is 13.2 Å². The molecule has 2 rings (SSSR count). The van der Waals surface area contributed by atoms with E-state index in [-0.39, 0.29) is 5.56 Å². The van der Waals surface area contributed by atoms with Gasteiger partial charge in [-0.2, -0.15) is 0 Å². The summed E-state index contributed by atoms with van der Waals surface area (Å²) in [6, 6.07) is 11.7. The van der Waals surface area contributed by atoms with Crippen LogP contribution in [0.25, 0.3) is 0 Å². The second-order valence-electron chi connectivity index (χ2n) is 10.4. The van der Waals surface area contributed by atoms with E-state index in [4.69, 9.17) is 9.53 Å². The minimum Gasteiger partial charge on any atom is -0.444 e. The number of nitrogens with zero attached hydrogens (tertiary/aromatic N) is 2. The molecule has 1 N–H and O–H groups in total. The van der Waals surface area contributed by atoms with Crippen molar-refractivity contribution in [2.75, 3.05) is 34.2 Å². The zero-order chi connectivity index (χ0) is 35.3. The lowest BCUT2D eigenvalue weighted by Gasteiger charge is -2.13. The van der Waals surface area contributed by atoms with Crippen molar-refractivity contribution in [1.82, 2.24) is 10.2 Å². The first kappa shape index (κ1) is 47.9. The standard InChI is InChI=1S/C10H13NO.C9H9F3.C7H17N.C6H13N.C3H8.CH2O/c1-8-5-4-6-10(7-8)12-9(2)11-3;1-6-3-4-7(10)5-8(6)9(2,11)12;1-4-6-8(3)7-5-2;1-5(2)6(3)7-4;1-3-2;1-2/h4-7H,1-3H3;3-5H,1-2H3;4-7H2,1-3H3;6-7H,1H2,2-4H3;3H2,1-2H3;1H2/t;;;6-;;/m...1../s1. The fourth-order valence-electron chi connectivity index (χ4n) is 3.08. The van der Waals surface area contributed by atoms with Gasteiger partial charge in [-0.3, -0.25) is 4.99 Å². The van der Waals surface area contributed by atoms with Gasteiger partial charge in [0.05, 0.1) is 0 Å². The fraction of sp³-hybridized carbons (Fsp3) is 0.556. The zero-order valence-corrected chi connectivity index (χ0v) is 29.9. The first-order chi connectivity index (χ1) is 20.5. The molecule has 2 aromatic carbocycles. The number of aliphatic imine (C=N–C) groups is 1. The lowest BCUT2D eigenvalue weighted by atomic mass is 10.0. The van der Waals surface area contributed by atoms with Crippen molar-refractivity contribution < 1.29 is 22.7 Å². The maximum absolute atomic E-state index is 12.7. The number of alkyl halides is 2. The van der Waals surface area contributed by atoms with Gasteiger partial charge in [-0.1, -0.05) is 64.5 Å². The van der Waals surface area contributed by atoms with E-state index in [1.54, 1.807) is 7.05 Å². The van der Waals surface area contributed by atoms with E-state index in [9.17, 15) is 13.2 Å². The summed E-state index contributed by atoms with van der Waals surface area (Å²) in [4.78, 5) is 14.3. The summed E-state index contributed by atoms with van der Waals surface area (Å²) in [7, 11) is 5.82. The number of hydrogen-bond donors (Lipinski definition) is 1. The van der Waals surface area contributed by atoms with Gasteiger partial charge in [0.2, 0.25) is 0 Å². The van der Waals surface area contributed by atoms with Crippen molar-refractivity contribution in [3.05, 3.63) is 77.1 Å². The number of likely N-dealkylation sites (N-methyl/N-ethyl adjacent to an activating group) is 1. The van der Waals surface area contributed by atoms with Crippen molar-refractivity contribution in [2.45, 2.75) is 100 Å². The Morgan fingerprint density at radius 2 is 1.52 bits per heavy atom. The normalized spacial score (nSPS) is 10.9. The number of carbonyl (C=O) groups is 1. The Balaban J connectivity index is -0.000000236. The lowest BCUT2D eigenvalue weighted by Crippen LogP contribution is -2.21. The number of hydrogen-bond acceptors (Lipinski definition) is 5. The third-order valence-corrected chi connectivity index (χ3v) is 5.63. The Labute approximate surface area is 268 Å². The number of carbonyl (C=O) groups excluding carboxylic acids is 1. The Hall–Kier alpha value is -2.97. The van der Waals surface area contributed by atoms with Crippen LogP contribution in [0.1, 0.15) is 91.3 Å². The van der Waals surface area contributed by atoms with Crippen LogP contribution in [0.15, 0.2) is 59.6 Å². The van der Waals surface area contributed by atoms with E-state index in [2.05, 4.69) is 63.5 Å². The van der Waals surface area contributed by atoms with Gasteiger partial charge in [-0.15, -0.1) is 0 Å². The molecule has 1 atom stereocenters. The number of rotatable bonds is 8. The van der Waals surface area contributed by atoms with E-state index in [0.29, 0.717) is 17.5 Å². The van der Waals surface area contributed by atoms with Gasteiger partial charge in [0, 0.05) is 32.5 Å². The maximum Gasteiger partial charge on any atom is 0.270 e. The summed E-state index contributed by atoms with van der Waals surface area (Å²) in [5.41, 5.74) is 2.53. The highest BCUT2D eigenvalue weighted by molar-refractivity contribution is 5.75. The predicted molar refractivity (Wildman–Crippen MR) is 186 cm³/mol. The van der Waals surface area contributed by atoms with Crippen LogP contribution >= 0.6 is 0 Å². The molecule has 0 amide bonds. The molecule has 254 valence electrons. The summed E-state index contributed by atoms with van der Waals surface area (Å²) in [6.45, 7) is 27.2. The van der Waals surface area contributed by atoms with Gasteiger partial charge < -0.3 is 19.7 Å². The van der Waals surface area contributed by atoms with Crippen LogP contribution in [0.5, 0.6) is 5.75 Å². The molecule has 0 saturated carbocycles. The zero-order valence-electron chi connectivity index (χ0n) is 29.9. The van der Waals surface area contributed by atoms with Gasteiger partial charge in [-0.05, 0) is 103 Å². The summed E-state index contributed by atoms with van der Waals surface area (Å²) in [6.07, 6.45) is 3.80. The second-order valence-corrected chi connectivity index (χ2v) is 10.4. The Morgan fingerprint density at radius 3 is 1.84 bits per heavy atom. The number of ether oxygens (including phenoxy) is 1. The minimum absolute atomic E-state index is 0.248. The molecule has 0 bridgehead atoms. The molecular formula is C36H62F3N3O2. The van der Waals surface area contributed by atoms with Crippen molar-refractivity contribution in [1.29, 1.82) is 0 Å². The summed E-state index contributed by atoms with van der Waals surface area (Å²) < 4.78 is 43.4.